The average Bonchev–Trinajstić information content (AvgIpc) is 3.13. The Morgan fingerprint density at radius 3 is 2.76 bits per heavy atom. The van der Waals surface area contributed by atoms with Crippen LogP contribution in [0.1, 0.15) is 66.3 Å². The maximum Gasteiger partial charge on any atom is 0.354 e. The van der Waals surface area contributed by atoms with Gasteiger partial charge in [-0.3, -0.25) is 0 Å². The number of aliphatic hydroxyl groups is 1. The first-order valence-corrected chi connectivity index (χ1v) is 12.2. The van der Waals surface area contributed by atoms with Crippen LogP contribution >= 0.6 is 11.3 Å². The van der Waals surface area contributed by atoms with Crippen molar-refractivity contribution in [3.05, 3.63) is 39.5 Å². The Labute approximate surface area is 175 Å². The number of anilines is 1. The summed E-state index contributed by atoms with van der Waals surface area (Å²) in [5.74, 6) is 0.574. The number of amides is 2. The molecule has 2 amide bonds. The third-order valence-corrected chi connectivity index (χ3v) is 8.65. The fourth-order valence-electron chi connectivity index (χ4n) is 3.84. The van der Waals surface area contributed by atoms with Crippen molar-refractivity contribution in [2.45, 2.75) is 68.6 Å². The molecule has 1 atom stereocenters. The van der Waals surface area contributed by atoms with Gasteiger partial charge in [0.05, 0.1) is 6.20 Å². The number of nitrogens with two attached hydrogens (primary N) is 1. The molecule has 1 saturated carbocycles. The van der Waals surface area contributed by atoms with Gasteiger partial charge in [0.2, 0.25) is 0 Å². The number of thiazole rings is 1. The molecule has 0 aliphatic heterocycles. The smallest absolute Gasteiger partial charge is 0.354 e. The Bertz CT molecular complexity index is 1100. The number of rotatable bonds is 4. The van der Waals surface area contributed by atoms with Crippen LogP contribution in [0.25, 0.3) is 0 Å². The molecule has 2 aromatic rings. The summed E-state index contributed by atoms with van der Waals surface area (Å²) in [6.07, 6.45) is 6.68. The van der Waals surface area contributed by atoms with Crippen LogP contribution in [0.2, 0.25) is 0 Å². The molecule has 1 heterocycles. The third kappa shape index (κ3) is 4.09. The Hall–Kier alpha value is -1.81. The van der Waals surface area contributed by atoms with Crippen LogP contribution in [0.3, 0.4) is 0 Å². The van der Waals surface area contributed by atoms with E-state index in [2.05, 4.69) is 20.7 Å². The fourth-order valence-corrected chi connectivity index (χ4v) is 5.90. The predicted molar refractivity (Wildman–Crippen MR) is 115 cm³/mol. The maximum atomic E-state index is 12.9. The number of urea groups is 1. The summed E-state index contributed by atoms with van der Waals surface area (Å²) in [5.41, 5.74) is 4.43. The highest BCUT2D eigenvalue weighted by Gasteiger charge is 2.30. The molecule has 2 aliphatic rings. The van der Waals surface area contributed by atoms with E-state index in [0.29, 0.717) is 10.9 Å². The molecule has 7 nitrogen and oxygen atoms in total. The van der Waals surface area contributed by atoms with Gasteiger partial charge in [-0.15, -0.1) is 15.7 Å². The molecule has 1 fully saturated rings. The molecule has 156 valence electrons. The summed E-state index contributed by atoms with van der Waals surface area (Å²) in [5, 5.41) is 19.2. The van der Waals surface area contributed by atoms with Gasteiger partial charge < -0.3 is 10.4 Å². The minimum atomic E-state index is -3.45. The second kappa shape index (κ2) is 7.16. The number of carbonyl (C=O) groups is 1. The molecule has 0 saturated heterocycles. The highest BCUT2D eigenvalue weighted by atomic mass is 32.2. The second-order valence-corrected chi connectivity index (χ2v) is 11.4. The fraction of sp³-hybridized carbons (Fsp3) is 0.500. The number of hydrogen-bond donors (Lipinski definition) is 3. The van der Waals surface area contributed by atoms with Gasteiger partial charge in [0.15, 0.2) is 9.92 Å². The third-order valence-electron chi connectivity index (χ3n) is 5.46. The molecule has 4 rings (SSSR count). The van der Waals surface area contributed by atoms with E-state index < -0.39 is 21.5 Å². The van der Waals surface area contributed by atoms with Gasteiger partial charge in [0.1, 0.15) is 14.8 Å². The van der Waals surface area contributed by atoms with Crippen molar-refractivity contribution in [1.29, 1.82) is 0 Å². The minimum absolute atomic E-state index is 0.165. The van der Waals surface area contributed by atoms with Crippen molar-refractivity contribution in [2.24, 2.45) is 9.50 Å². The van der Waals surface area contributed by atoms with Crippen molar-refractivity contribution in [2.75, 3.05) is 5.32 Å². The van der Waals surface area contributed by atoms with Gasteiger partial charge in [0.25, 0.3) is 0 Å². The molecule has 4 N–H and O–H groups in total. The number of nitrogens with one attached hydrogen (secondary N) is 1. The Kier molecular flexibility index (Phi) is 5.05. The number of carbonyl (C=O) groups excluding carboxylic acids is 1. The first kappa shape index (κ1) is 20.5. The zero-order valence-electron chi connectivity index (χ0n) is 16.8. The molecule has 29 heavy (non-hydrogen) atoms. The summed E-state index contributed by atoms with van der Waals surface area (Å²) in [4.78, 5) is 16.7. The summed E-state index contributed by atoms with van der Waals surface area (Å²) >= 11 is 0.998. The van der Waals surface area contributed by atoms with Gasteiger partial charge in [-0.2, -0.15) is 0 Å². The monoisotopic (exact) mass is 434 g/mol. The number of aromatic nitrogens is 1. The first-order valence-electron chi connectivity index (χ1n) is 9.76. The van der Waals surface area contributed by atoms with Crippen LogP contribution in [0.5, 0.6) is 0 Å². The molecule has 0 unspecified atom stereocenters. The molecular formula is C20H26N4O3S2. The van der Waals surface area contributed by atoms with Crippen LogP contribution < -0.4 is 10.5 Å². The summed E-state index contributed by atoms with van der Waals surface area (Å²) in [7, 11) is -3.45. The van der Waals surface area contributed by atoms with E-state index in [1.54, 1.807) is 13.8 Å². The van der Waals surface area contributed by atoms with Crippen LogP contribution in [0.15, 0.2) is 20.8 Å². The van der Waals surface area contributed by atoms with Crippen molar-refractivity contribution in [3.8, 4) is 0 Å². The summed E-state index contributed by atoms with van der Waals surface area (Å²) in [6.45, 7) is 5.18. The van der Waals surface area contributed by atoms with Gasteiger partial charge in [-0.05, 0) is 81.0 Å². The maximum absolute atomic E-state index is 12.9. The topological polar surface area (TPSA) is 118 Å². The molecule has 0 spiro atoms. The Balaban J connectivity index is 1.65. The quantitative estimate of drug-likeness (QED) is 0.674. The van der Waals surface area contributed by atoms with Crippen LogP contribution in [-0.2, 0) is 28.4 Å². The lowest BCUT2D eigenvalue weighted by Crippen LogP contribution is -2.18. The Morgan fingerprint density at radius 2 is 2.14 bits per heavy atom. The molecular weight excluding hydrogens is 408 g/mol. The Morgan fingerprint density at radius 1 is 1.41 bits per heavy atom. The van der Waals surface area contributed by atoms with Gasteiger partial charge >= 0.3 is 6.03 Å². The largest absolute Gasteiger partial charge is 0.383 e. The second-order valence-electron chi connectivity index (χ2n) is 8.36. The van der Waals surface area contributed by atoms with E-state index in [1.807, 2.05) is 6.92 Å². The number of fused-ring (bicyclic) bond motifs is 1. The molecule has 0 bridgehead atoms. The van der Waals surface area contributed by atoms with Crippen LogP contribution in [-0.4, -0.2) is 20.3 Å². The zero-order valence-corrected chi connectivity index (χ0v) is 18.5. The van der Waals surface area contributed by atoms with Crippen molar-refractivity contribution in [1.82, 2.24) is 4.98 Å². The van der Waals surface area contributed by atoms with E-state index in [4.69, 9.17) is 5.14 Å². The highest BCUT2D eigenvalue weighted by Crippen LogP contribution is 2.46. The SMILES string of the molecule is Cc1c(C2CC2)cc2c(c1NC(=O)N=[S@@](N)(=O)c1cnc(C(C)(C)O)s1)CCC2. The number of hydrogen-bond acceptors (Lipinski definition) is 5. The molecule has 0 radical (unpaired) electrons. The number of benzene rings is 1. The normalized spacial score (nSPS) is 18.2. The van der Waals surface area contributed by atoms with Crippen molar-refractivity contribution >= 4 is 33.0 Å². The lowest BCUT2D eigenvalue weighted by molar-refractivity contribution is 0.0783. The lowest BCUT2D eigenvalue weighted by Gasteiger charge is -2.17. The van der Waals surface area contributed by atoms with E-state index in [9.17, 15) is 14.1 Å². The minimum Gasteiger partial charge on any atom is -0.383 e. The highest BCUT2D eigenvalue weighted by molar-refractivity contribution is 7.93. The molecule has 1 aromatic carbocycles. The molecule has 9 heteroatoms. The number of aryl methyl sites for hydroxylation is 1. The van der Waals surface area contributed by atoms with E-state index in [0.717, 1.165) is 47.4 Å². The first-order chi connectivity index (χ1) is 13.6. The average molecular weight is 435 g/mol. The van der Waals surface area contributed by atoms with Crippen molar-refractivity contribution in [3.63, 3.8) is 0 Å². The standard InChI is InChI=1S/C20H26N4O3S2/c1-11-15(12-7-8-12)9-13-5-4-6-14(13)17(11)23-19(25)24-29(21,27)16-10-22-18(28-16)20(2,3)26/h9-10,12,26H,4-8H2,1-3H3,(H3,21,23,24,25,27)/t29-/m1/s1. The van der Waals surface area contributed by atoms with Crippen molar-refractivity contribution < 1.29 is 14.1 Å². The lowest BCUT2D eigenvalue weighted by atomic mass is 9.95. The zero-order chi connectivity index (χ0) is 21.0. The predicted octanol–water partition coefficient (Wildman–Crippen LogP) is 3.98. The summed E-state index contributed by atoms with van der Waals surface area (Å²) < 4.78 is 16.8. The summed E-state index contributed by atoms with van der Waals surface area (Å²) in [6, 6.07) is 1.57. The van der Waals surface area contributed by atoms with E-state index in [-0.39, 0.29) is 4.21 Å². The van der Waals surface area contributed by atoms with Crippen LogP contribution in [0.4, 0.5) is 10.5 Å². The van der Waals surface area contributed by atoms with E-state index in [1.165, 1.54) is 30.2 Å². The van der Waals surface area contributed by atoms with Crippen LogP contribution in [0, 0.1) is 6.92 Å². The van der Waals surface area contributed by atoms with Gasteiger partial charge in [-0.1, -0.05) is 6.07 Å². The van der Waals surface area contributed by atoms with Gasteiger partial charge in [-0.25, -0.2) is 19.1 Å². The molecule has 2 aliphatic carbocycles. The van der Waals surface area contributed by atoms with E-state index >= 15 is 0 Å². The number of nitrogens with zero attached hydrogens (tertiary/aromatic N) is 2. The molecule has 1 aromatic heterocycles. The van der Waals surface area contributed by atoms with Gasteiger partial charge in [0, 0.05) is 5.69 Å².